The summed E-state index contributed by atoms with van der Waals surface area (Å²) in [5, 5.41) is 9.00. The van der Waals surface area contributed by atoms with Crippen molar-refractivity contribution in [1.29, 1.82) is 0 Å². The summed E-state index contributed by atoms with van der Waals surface area (Å²) in [7, 11) is 0. The Bertz CT molecular complexity index is 381. The van der Waals surface area contributed by atoms with Crippen LogP contribution in [0.5, 0.6) is 5.75 Å². The monoisotopic (exact) mass is 300 g/mol. The summed E-state index contributed by atoms with van der Waals surface area (Å²) in [6.45, 7) is 2.72. The number of hydrogen-bond acceptors (Lipinski definition) is 3. The molecule has 4 heteroatoms. The maximum absolute atomic E-state index is 9.00. The molecule has 1 fully saturated rings. The molecule has 0 bridgehead atoms. The van der Waals surface area contributed by atoms with Gasteiger partial charge in [0.15, 0.2) is 0 Å². The van der Waals surface area contributed by atoms with E-state index in [2.05, 4.69) is 22.9 Å². The molecular weight excluding hydrogens is 284 g/mol. The average molecular weight is 301 g/mol. The van der Waals surface area contributed by atoms with Gasteiger partial charge < -0.3 is 14.6 Å². The molecule has 2 unspecified atom stereocenters. The predicted molar refractivity (Wildman–Crippen MR) is 69.1 cm³/mol. The minimum Gasteiger partial charge on any atom is -0.490 e. The van der Waals surface area contributed by atoms with Crippen LogP contribution in [0.4, 0.5) is 0 Å². The number of hydrogen-bond donors (Lipinski definition) is 1. The van der Waals surface area contributed by atoms with Crippen LogP contribution in [0.15, 0.2) is 22.7 Å². The molecule has 2 rings (SSSR count). The number of ether oxygens (including phenoxy) is 2. The van der Waals surface area contributed by atoms with Gasteiger partial charge in [-0.05, 0) is 53.4 Å². The first-order chi connectivity index (χ1) is 8.19. The molecule has 1 aromatic rings. The van der Waals surface area contributed by atoms with Gasteiger partial charge in [-0.3, -0.25) is 0 Å². The second-order valence-electron chi connectivity index (χ2n) is 4.38. The van der Waals surface area contributed by atoms with Crippen LogP contribution < -0.4 is 4.74 Å². The molecule has 0 aromatic heterocycles. The van der Waals surface area contributed by atoms with Crippen molar-refractivity contribution in [2.24, 2.45) is 0 Å². The van der Waals surface area contributed by atoms with Crippen molar-refractivity contribution in [3.8, 4) is 5.75 Å². The molecule has 0 amide bonds. The average Bonchev–Trinajstić information content (AvgIpc) is 2.73. The minimum atomic E-state index is 0.0438. The number of benzene rings is 1. The van der Waals surface area contributed by atoms with Crippen LogP contribution in [0, 0.1) is 0 Å². The highest BCUT2D eigenvalue weighted by Gasteiger charge is 2.22. The van der Waals surface area contributed by atoms with Crippen molar-refractivity contribution in [2.45, 2.75) is 38.6 Å². The highest BCUT2D eigenvalue weighted by Crippen LogP contribution is 2.27. The standard InChI is InChI=1S/C13H17BrO3/c1-9-2-4-11(17-9)8-16-13-5-3-10(7-15)6-12(13)14/h3,5-6,9,11,15H,2,4,7-8H2,1H3. The van der Waals surface area contributed by atoms with E-state index in [4.69, 9.17) is 14.6 Å². The van der Waals surface area contributed by atoms with E-state index in [-0.39, 0.29) is 12.7 Å². The van der Waals surface area contributed by atoms with Gasteiger partial charge in [-0.2, -0.15) is 0 Å². The van der Waals surface area contributed by atoms with Crippen LogP contribution in [0.1, 0.15) is 25.3 Å². The van der Waals surface area contributed by atoms with Gasteiger partial charge in [0, 0.05) is 0 Å². The normalized spacial score (nSPS) is 23.9. The van der Waals surface area contributed by atoms with Crippen LogP contribution in [-0.4, -0.2) is 23.9 Å². The maximum Gasteiger partial charge on any atom is 0.133 e. The number of halogens is 1. The fourth-order valence-electron chi connectivity index (χ4n) is 1.95. The smallest absolute Gasteiger partial charge is 0.133 e. The molecule has 0 radical (unpaired) electrons. The lowest BCUT2D eigenvalue weighted by atomic mass is 10.2. The molecule has 17 heavy (non-hydrogen) atoms. The highest BCUT2D eigenvalue weighted by atomic mass is 79.9. The van der Waals surface area contributed by atoms with Crippen molar-refractivity contribution < 1.29 is 14.6 Å². The molecule has 94 valence electrons. The first-order valence-corrected chi connectivity index (χ1v) is 6.66. The van der Waals surface area contributed by atoms with E-state index in [0.29, 0.717) is 12.7 Å². The molecule has 1 aliphatic rings. The molecule has 2 atom stereocenters. The largest absolute Gasteiger partial charge is 0.490 e. The molecule has 0 spiro atoms. The molecule has 1 heterocycles. The second-order valence-corrected chi connectivity index (χ2v) is 5.23. The zero-order chi connectivity index (χ0) is 12.3. The predicted octanol–water partition coefficient (Wildman–Crippen LogP) is 2.89. The van der Waals surface area contributed by atoms with Gasteiger partial charge in [0.1, 0.15) is 12.4 Å². The van der Waals surface area contributed by atoms with Gasteiger partial charge in [0.05, 0.1) is 23.3 Å². The van der Waals surface area contributed by atoms with E-state index in [9.17, 15) is 0 Å². The van der Waals surface area contributed by atoms with E-state index in [1.165, 1.54) is 0 Å². The van der Waals surface area contributed by atoms with Crippen LogP contribution in [0.2, 0.25) is 0 Å². The van der Waals surface area contributed by atoms with Crippen molar-refractivity contribution >= 4 is 15.9 Å². The molecule has 1 aromatic carbocycles. The summed E-state index contributed by atoms with van der Waals surface area (Å²) < 4.78 is 12.3. The second kappa shape index (κ2) is 5.85. The van der Waals surface area contributed by atoms with E-state index in [1.54, 1.807) is 0 Å². The molecule has 1 aliphatic heterocycles. The lowest BCUT2D eigenvalue weighted by Gasteiger charge is -2.14. The summed E-state index contributed by atoms with van der Waals surface area (Å²) in [5.74, 6) is 0.797. The molecule has 1 saturated heterocycles. The lowest BCUT2D eigenvalue weighted by Crippen LogP contribution is -2.18. The third-order valence-electron chi connectivity index (χ3n) is 2.92. The fraction of sp³-hybridized carbons (Fsp3) is 0.538. The van der Waals surface area contributed by atoms with Crippen molar-refractivity contribution in [2.75, 3.05) is 6.61 Å². The van der Waals surface area contributed by atoms with E-state index < -0.39 is 0 Å². The van der Waals surface area contributed by atoms with Gasteiger partial charge in [0.25, 0.3) is 0 Å². The van der Waals surface area contributed by atoms with Crippen molar-refractivity contribution in [1.82, 2.24) is 0 Å². The Labute approximate surface area is 110 Å². The fourth-order valence-corrected chi connectivity index (χ4v) is 2.49. The SMILES string of the molecule is CC1CCC(COc2ccc(CO)cc2Br)O1. The molecule has 1 N–H and O–H groups in total. The van der Waals surface area contributed by atoms with Crippen LogP contribution >= 0.6 is 15.9 Å². The third-order valence-corrected chi connectivity index (χ3v) is 3.54. The first kappa shape index (κ1) is 12.9. The molecular formula is C13H17BrO3. The van der Waals surface area contributed by atoms with Gasteiger partial charge in [-0.25, -0.2) is 0 Å². The molecule has 0 aliphatic carbocycles. The number of aliphatic hydroxyl groups is 1. The van der Waals surface area contributed by atoms with Gasteiger partial charge >= 0.3 is 0 Å². The Kier molecular flexibility index (Phi) is 4.42. The summed E-state index contributed by atoms with van der Waals surface area (Å²) >= 11 is 3.43. The minimum absolute atomic E-state index is 0.0438. The van der Waals surface area contributed by atoms with Crippen LogP contribution in [0.25, 0.3) is 0 Å². The Balaban J connectivity index is 1.90. The zero-order valence-corrected chi connectivity index (χ0v) is 11.4. The summed E-state index contributed by atoms with van der Waals surface area (Å²) in [6, 6.07) is 5.60. The van der Waals surface area contributed by atoms with Crippen LogP contribution in [0.3, 0.4) is 0 Å². The van der Waals surface area contributed by atoms with Gasteiger partial charge in [-0.1, -0.05) is 6.07 Å². The Morgan fingerprint density at radius 3 is 2.88 bits per heavy atom. The van der Waals surface area contributed by atoms with Crippen LogP contribution in [-0.2, 0) is 11.3 Å². The van der Waals surface area contributed by atoms with Gasteiger partial charge in [-0.15, -0.1) is 0 Å². The van der Waals surface area contributed by atoms with E-state index in [0.717, 1.165) is 28.6 Å². The maximum atomic E-state index is 9.00. The molecule has 3 nitrogen and oxygen atoms in total. The summed E-state index contributed by atoms with van der Waals surface area (Å²) in [6.07, 6.45) is 2.73. The molecule has 0 saturated carbocycles. The van der Waals surface area contributed by atoms with Gasteiger partial charge in [0.2, 0.25) is 0 Å². The number of rotatable bonds is 4. The summed E-state index contributed by atoms with van der Waals surface area (Å²) in [5.41, 5.74) is 0.870. The quantitative estimate of drug-likeness (QED) is 0.929. The number of aliphatic hydroxyl groups excluding tert-OH is 1. The lowest BCUT2D eigenvalue weighted by molar-refractivity contribution is 0.0263. The highest BCUT2D eigenvalue weighted by molar-refractivity contribution is 9.10. The Morgan fingerprint density at radius 1 is 1.47 bits per heavy atom. The topological polar surface area (TPSA) is 38.7 Å². The first-order valence-electron chi connectivity index (χ1n) is 5.86. The van der Waals surface area contributed by atoms with Crippen molar-refractivity contribution in [3.05, 3.63) is 28.2 Å². The van der Waals surface area contributed by atoms with E-state index >= 15 is 0 Å². The summed E-state index contributed by atoms with van der Waals surface area (Å²) in [4.78, 5) is 0. The van der Waals surface area contributed by atoms with Crippen molar-refractivity contribution in [3.63, 3.8) is 0 Å². The third kappa shape index (κ3) is 3.44. The Hall–Kier alpha value is -0.580. The zero-order valence-electron chi connectivity index (χ0n) is 9.86. The Morgan fingerprint density at radius 2 is 2.29 bits per heavy atom. The van der Waals surface area contributed by atoms with E-state index in [1.807, 2.05) is 18.2 Å².